The fourth-order valence-electron chi connectivity index (χ4n) is 3.05. The Morgan fingerprint density at radius 2 is 1.28 bits per heavy atom. The molecule has 0 spiro atoms. The van der Waals surface area contributed by atoms with Crippen molar-refractivity contribution in [1.82, 2.24) is 16.2 Å². The molecule has 0 saturated carbocycles. The summed E-state index contributed by atoms with van der Waals surface area (Å²) < 4.78 is 0. The molecule has 0 saturated heterocycles. The molecular formula is C23H23N3O2S. The van der Waals surface area contributed by atoms with E-state index in [0.717, 1.165) is 5.56 Å². The summed E-state index contributed by atoms with van der Waals surface area (Å²) >= 11 is 5.29. The Hall–Kier alpha value is -3.22. The molecule has 6 heteroatoms. The van der Waals surface area contributed by atoms with E-state index in [1.807, 2.05) is 49.4 Å². The molecule has 5 nitrogen and oxygen atoms in total. The van der Waals surface area contributed by atoms with Gasteiger partial charge in [-0.1, -0.05) is 91.0 Å². The van der Waals surface area contributed by atoms with Crippen molar-refractivity contribution in [2.75, 3.05) is 0 Å². The van der Waals surface area contributed by atoms with Crippen LogP contribution in [0.1, 0.15) is 29.7 Å². The van der Waals surface area contributed by atoms with Crippen LogP contribution < -0.4 is 16.2 Å². The Morgan fingerprint density at radius 1 is 0.828 bits per heavy atom. The van der Waals surface area contributed by atoms with Crippen molar-refractivity contribution in [3.8, 4) is 0 Å². The highest BCUT2D eigenvalue weighted by atomic mass is 32.1. The standard InChI is InChI=1S/C23H23N3O2S/c1-17(18-11-5-2-6-12-18)24-22(29)26-25-21(27)23(28,19-13-7-3-8-14-19)20-15-9-4-10-16-20/h2-17,28H,1H3,(H,25,27)(H2,24,26,29)/t17-/m1/s1. The van der Waals surface area contributed by atoms with E-state index < -0.39 is 11.5 Å². The maximum Gasteiger partial charge on any atom is 0.279 e. The van der Waals surface area contributed by atoms with E-state index in [1.54, 1.807) is 48.5 Å². The fraction of sp³-hybridized carbons (Fsp3) is 0.130. The van der Waals surface area contributed by atoms with Crippen LogP contribution in [0.15, 0.2) is 91.0 Å². The molecule has 0 bridgehead atoms. The number of carbonyl (C=O) groups is 1. The lowest BCUT2D eigenvalue weighted by Crippen LogP contribution is -2.54. The van der Waals surface area contributed by atoms with Crippen LogP contribution in [0, 0.1) is 0 Å². The zero-order valence-electron chi connectivity index (χ0n) is 16.0. The number of thiocarbonyl (C=S) groups is 1. The number of aliphatic hydroxyl groups is 1. The van der Waals surface area contributed by atoms with Crippen LogP contribution in [0.5, 0.6) is 0 Å². The number of amides is 1. The lowest BCUT2D eigenvalue weighted by molar-refractivity contribution is -0.137. The number of nitrogens with one attached hydrogen (secondary N) is 3. The van der Waals surface area contributed by atoms with Crippen molar-refractivity contribution in [2.24, 2.45) is 0 Å². The predicted molar refractivity (Wildman–Crippen MR) is 118 cm³/mol. The molecule has 148 valence electrons. The van der Waals surface area contributed by atoms with E-state index in [0.29, 0.717) is 11.1 Å². The molecule has 3 aromatic carbocycles. The van der Waals surface area contributed by atoms with Crippen molar-refractivity contribution >= 4 is 23.2 Å². The number of hydrogen-bond donors (Lipinski definition) is 4. The smallest absolute Gasteiger partial charge is 0.279 e. The molecule has 1 atom stereocenters. The van der Waals surface area contributed by atoms with Crippen molar-refractivity contribution in [3.05, 3.63) is 108 Å². The summed E-state index contributed by atoms with van der Waals surface area (Å²) in [6.45, 7) is 1.97. The third kappa shape index (κ3) is 4.80. The summed E-state index contributed by atoms with van der Waals surface area (Å²) in [6, 6.07) is 27.4. The minimum Gasteiger partial charge on any atom is -0.372 e. The maximum atomic E-state index is 13.0. The summed E-state index contributed by atoms with van der Waals surface area (Å²) in [6.07, 6.45) is 0. The van der Waals surface area contributed by atoms with Crippen LogP contribution in [0.3, 0.4) is 0 Å². The van der Waals surface area contributed by atoms with Gasteiger partial charge in [-0.3, -0.25) is 15.6 Å². The quantitative estimate of drug-likeness (QED) is 0.388. The predicted octanol–water partition coefficient (Wildman–Crippen LogP) is 3.18. The second-order valence-electron chi connectivity index (χ2n) is 6.63. The number of benzene rings is 3. The molecule has 0 heterocycles. The average Bonchev–Trinajstić information content (AvgIpc) is 2.78. The van der Waals surface area contributed by atoms with Gasteiger partial charge in [0.25, 0.3) is 5.91 Å². The summed E-state index contributed by atoms with van der Waals surface area (Å²) in [4.78, 5) is 13.0. The molecule has 0 aliphatic heterocycles. The Kier molecular flexibility index (Phi) is 6.59. The van der Waals surface area contributed by atoms with Gasteiger partial charge in [0.05, 0.1) is 6.04 Å². The molecule has 3 rings (SSSR count). The largest absolute Gasteiger partial charge is 0.372 e. The molecule has 0 radical (unpaired) electrons. The molecular weight excluding hydrogens is 382 g/mol. The van der Waals surface area contributed by atoms with Crippen LogP contribution in [0.4, 0.5) is 0 Å². The molecule has 0 aliphatic carbocycles. The molecule has 29 heavy (non-hydrogen) atoms. The SMILES string of the molecule is C[C@@H](NC(=S)NNC(=O)C(O)(c1ccccc1)c1ccccc1)c1ccccc1. The van der Waals surface area contributed by atoms with Crippen LogP contribution in [0.2, 0.25) is 0 Å². The topological polar surface area (TPSA) is 73.4 Å². The van der Waals surface area contributed by atoms with Crippen molar-refractivity contribution in [1.29, 1.82) is 0 Å². The Morgan fingerprint density at radius 3 is 1.76 bits per heavy atom. The van der Waals surface area contributed by atoms with Gasteiger partial charge in [0.2, 0.25) is 0 Å². The number of hydrogen-bond acceptors (Lipinski definition) is 3. The first-order valence-electron chi connectivity index (χ1n) is 9.27. The van der Waals surface area contributed by atoms with E-state index in [4.69, 9.17) is 12.2 Å². The number of rotatable bonds is 5. The third-order valence-corrected chi connectivity index (χ3v) is 4.87. The second-order valence-corrected chi connectivity index (χ2v) is 7.04. The van der Waals surface area contributed by atoms with Crippen LogP contribution >= 0.6 is 12.2 Å². The van der Waals surface area contributed by atoms with Crippen molar-refractivity contribution < 1.29 is 9.90 Å². The Bertz CT molecular complexity index is 910. The van der Waals surface area contributed by atoms with Crippen LogP contribution in [0.25, 0.3) is 0 Å². The van der Waals surface area contributed by atoms with E-state index in [2.05, 4.69) is 16.2 Å². The van der Waals surface area contributed by atoms with Crippen molar-refractivity contribution in [2.45, 2.75) is 18.6 Å². The highest BCUT2D eigenvalue weighted by molar-refractivity contribution is 7.80. The molecule has 0 aliphatic rings. The maximum absolute atomic E-state index is 13.0. The first-order valence-corrected chi connectivity index (χ1v) is 9.68. The number of carbonyl (C=O) groups excluding carboxylic acids is 1. The summed E-state index contributed by atoms with van der Waals surface area (Å²) in [5, 5.41) is 14.7. The van der Waals surface area contributed by atoms with Crippen molar-refractivity contribution in [3.63, 3.8) is 0 Å². The van der Waals surface area contributed by atoms with E-state index in [9.17, 15) is 9.90 Å². The minimum atomic E-state index is -1.86. The molecule has 0 unspecified atom stereocenters. The van der Waals surface area contributed by atoms with Gasteiger partial charge < -0.3 is 10.4 Å². The molecule has 3 aromatic rings. The van der Waals surface area contributed by atoms with Gasteiger partial charge in [-0.05, 0) is 35.8 Å². The van der Waals surface area contributed by atoms with Crippen LogP contribution in [-0.4, -0.2) is 16.1 Å². The number of hydrazine groups is 1. The summed E-state index contributed by atoms with van der Waals surface area (Å²) in [7, 11) is 0. The van der Waals surface area contributed by atoms with Crippen LogP contribution in [-0.2, 0) is 10.4 Å². The van der Waals surface area contributed by atoms with E-state index >= 15 is 0 Å². The highest BCUT2D eigenvalue weighted by Crippen LogP contribution is 2.29. The van der Waals surface area contributed by atoms with Gasteiger partial charge in [0.1, 0.15) is 0 Å². The first kappa shape index (κ1) is 20.5. The summed E-state index contributed by atoms with van der Waals surface area (Å²) in [5.74, 6) is -0.633. The Labute approximate surface area is 175 Å². The zero-order chi connectivity index (χ0) is 20.7. The Balaban J connectivity index is 1.72. The minimum absolute atomic E-state index is 0.0461. The third-order valence-electron chi connectivity index (χ3n) is 4.65. The van der Waals surface area contributed by atoms with Gasteiger partial charge in [0.15, 0.2) is 10.7 Å². The fourth-order valence-corrected chi connectivity index (χ4v) is 3.28. The molecule has 0 aromatic heterocycles. The van der Waals surface area contributed by atoms with Gasteiger partial charge in [-0.25, -0.2) is 0 Å². The molecule has 1 amide bonds. The van der Waals surface area contributed by atoms with E-state index in [-0.39, 0.29) is 11.2 Å². The zero-order valence-corrected chi connectivity index (χ0v) is 16.8. The lowest BCUT2D eigenvalue weighted by atomic mass is 9.85. The monoisotopic (exact) mass is 405 g/mol. The normalized spacial score (nSPS) is 11.9. The lowest BCUT2D eigenvalue weighted by Gasteiger charge is -2.28. The summed E-state index contributed by atoms with van der Waals surface area (Å²) in [5.41, 5.74) is 5.34. The van der Waals surface area contributed by atoms with Gasteiger partial charge in [-0.15, -0.1) is 0 Å². The average molecular weight is 406 g/mol. The van der Waals surface area contributed by atoms with E-state index in [1.165, 1.54) is 0 Å². The van der Waals surface area contributed by atoms with Gasteiger partial charge in [-0.2, -0.15) is 0 Å². The molecule has 4 N–H and O–H groups in total. The highest BCUT2D eigenvalue weighted by Gasteiger charge is 2.40. The van der Waals surface area contributed by atoms with Gasteiger partial charge >= 0.3 is 0 Å². The molecule has 0 fully saturated rings. The second kappa shape index (κ2) is 9.32. The van der Waals surface area contributed by atoms with Gasteiger partial charge in [0, 0.05) is 0 Å². The first-order chi connectivity index (χ1) is 14.0.